The maximum Gasteiger partial charge on any atom is 0.414 e. The number of alkyl halides is 3. The highest BCUT2D eigenvalue weighted by molar-refractivity contribution is 4.88. The summed E-state index contributed by atoms with van der Waals surface area (Å²) in [5, 5.41) is 13.2. The predicted molar refractivity (Wildman–Crippen MR) is 77.5 cm³/mol. The molecule has 0 aromatic carbocycles. The first-order valence-electron chi connectivity index (χ1n) is 8.04. The smallest absolute Gasteiger partial charge is 0.383 e. The molecule has 2 rings (SSSR count). The van der Waals surface area contributed by atoms with Gasteiger partial charge in [-0.15, -0.1) is 0 Å². The summed E-state index contributed by atoms with van der Waals surface area (Å²) in [5.41, 5.74) is 0. The highest BCUT2D eigenvalue weighted by Gasteiger charge is 2.44. The van der Waals surface area contributed by atoms with Gasteiger partial charge in [0, 0.05) is 6.42 Å². The zero-order valence-corrected chi connectivity index (χ0v) is 13.5. The van der Waals surface area contributed by atoms with Gasteiger partial charge in [0.05, 0.1) is 6.54 Å². The molecule has 1 aromatic heterocycles. The van der Waals surface area contributed by atoms with Crippen molar-refractivity contribution in [2.24, 2.45) is 11.8 Å². The Morgan fingerprint density at radius 1 is 1.30 bits per heavy atom. The number of aliphatic hydroxyl groups is 1. The van der Waals surface area contributed by atoms with E-state index in [1.807, 2.05) is 4.90 Å². The van der Waals surface area contributed by atoms with E-state index in [4.69, 9.17) is 4.52 Å². The first kappa shape index (κ1) is 18.2. The Balaban J connectivity index is 1.78. The van der Waals surface area contributed by atoms with Gasteiger partial charge in [0.15, 0.2) is 11.9 Å². The maximum absolute atomic E-state index is 12.5. The van der Waals surface area contributed by atoms with Crippen LogP contribution in [0.2, 0.25) is 0 Å². The van der Waals surface area contributed by atoms with E-state index in [9.17, 15) is 18.3 Å². The minimum atomic E-state index is -4.54. The number of aromatic nitrogens is 2. The van der Waals surface area contributed by atoms with Gasteiger partial charge in [-0.1, -0.05) is 19.0 Å². The van der Waals surface area contributed by atoms with Crippen LogP contribution in [0.5, 0.6) is 0 Å². The molecule has 23 heavy (non-hydrogen) atoms. The topological polar surface area (TPSA) is 62.4 Å². The summed E-state index contributed by atoms with van der Waals surface area (Å²) in [4.78, 5) is 6.31. The second-order valence-corrected chi connectivity index (χ2v) is 6.64. The second-order valence-electron chi connectivity index (χ2n) is 6.64. The van der Waals surface area contributed by atoms with Crippen LogP contribution in [0, 0.1) is 11.8 Å². The summed E-state index contributed by atoms with van der Waals surface area (Å²) < 4.78 is 42.7. The van der Waals surface area contributed by atoms with Crippen LogP contribution in [0.3, 0.4) is 0 Å². The molecule has 1 atom stereocenters. The van der Waals surface area contributed by atoms with Crippen molar-refractivity contribution >= 4 is 0 Å². The van der Waals surface area contributed by atoms with Gasteiger partial charge in [-0.25, -0.2) is 0 Å². The number of aliphatic hydroxyl groups excluding tert-OH is 1. The molecular formula is C15H24F3N3O2. The fraction of sp³-hybridized carbons (Fsp3) is 0.867. The minimum absolute atomic E-state index is 0.315. The lowest BCUT2D eigenvalue weighted by molar-refractivity contribution is -0.223. The Kier molecular flexibility index (Phi) is 6.02. The Bertz CT molecular complexity index is 483. The van der Waals surface area contributed by atoms with Gasteiger partial charge in [0.2, 0.25) is 5.89 Å². The van der Waals surface area contributed by atoms with Crippen molar-refractivity contribution in [1.29, 1.82) is 0 Å². The Morgan fingerprint density at radius 2 is 1.96 bits per heavy atom. The number of halogens is 3. The van der Waals surface area contributed by atoms with Crippen molar-refractivity contribution < 1.29 is 22.8 Å². The van der Waals surface area contributed by atoms with Gasteiger partial charge in [0.25, 0.3) is 0 Å². The standard InChI is InChI=1S/C15H24F3N3O2/c1-10(2)3-4-12-19-13(23-20-12)9-21-7-5-11(6-8-21)14(22)15(16,17)18/h10-11,14,22H,3-9H2,1-2H3. The molecule has 1 fully saturated rings. The van der Waals surface area contributed by atoms with Gasteiger partial charge < -0.3 is 9.63 Å². The van der Waals surface area contributed by atoms with Crippen LogP contribution < -0.4 is 0 Å². The average Bonchev–Trinajstić information content (AvgIpc) is 2.92. The first-order valence-corrected chi connectivity index (χ1v) is 8.04. The molecule has 0 bridgehead atoms. The Hall–Kier alpha value is -1.15. The number of nitrogens with zero attached hydrogens (tertiary/aromatic N) is 3. The summed E-state index contributed by atoms with van der Waals surface area (Å²) in [6.45, 7) is 5.67. The van der Waals surface area contributed by atoms with Crippen molar-refractivity contribution in [3.05, 3.63) is 11.7 Å². The van der Waals surface area contributed by atoms with Crippen molar-refractivity contribution in [2.75, 3.05) is 13.1 Å². The molecule has 1 saturated heterocycles. The minimum Gasteiger partial charge on any atom is -0.383 e. The van der Waals surface area contributed by atoms with Crippen LogP contribution in [0.25, 0.3) is 0 Å². The molecule has 1 unspecified atom stereocenters. The van der Waals surface area contributed by atoms with Gasteiger partial charge >= 0.3 is 6.18 Å². The van der Waals surface area contributed by atoms with Crippen LogP contribution in [-0.4, -0.2) is 45.5 Å². The van der Waals surface area contributed by atoms with Gasteiger partial charge in [0.1, 0.15) is 0 Å². The average molecular weight is 335 g/mol. The number of hydrogen-bond acceptors (Lipinski definition) is 5. The molecule has 1 N–H and O–H groups in total. The molecule has 1 aliphatic rings. The summed E-state index contributed by atoms with van der Waals surface area (Å²) in [6, 6.07) is 0. The molecule has 1 aliphatic heterocycles. The van der Waals surface area contributed by atoms with E-state index in [0.29, 0.717) is 50.1 Å². The third-order valence-electron chi connectivity index (χ3n) is 4.23. The zero-order valence-electron chi connectivity index (χ0n) is 13.5. The highest BCUT2D eigenvalue weighted by atomic mass is 19.4. The summed E-state index contributed by atoms with van der Waals surface area (Å²) in [5.74, 6) is 1.02. The molecular weight excluding hydrogens is 311 g/mol. The summed E-state index contributed by atoms with van der Waals surface area (Å²) in [7, 11) is 0. The van der Waals surface area contributed by atoms with Crippen LogP contribution in [0.4, 0.5) is 13.2 Å². The largest absolute Gasteiger partial charge is 0.414 e. The van der Waals surface area contributed by atoms with Crippen LogP contribution in [0.15, 0.2) is 4.52 Å². The molecule has 0 spiro atoms. The predicted octanol–water partition coefficient (Wildman–Crippen LogP) is 2.79. The van der Waals surface area contributed by atoms with Gasteiger partial charge in [-0.2, -0.15) is 18.2 Å². The molecule has 0 aliphatic carbocycles. The molecule has 5 nitrogen and oxygen atoms in total. The second kappa shape index (κ2) is 7.61. The lowest BCUT2D eigenvalue weighted by Crippen LogP contribution is -2.43. The number of likely N-dealkylation sites (tertiary alicyclic amines) is 1. The molecule has 2 heterocycles. The third kappa shape index (κ3) is 5.46. The molecule has 132 valence electrons. The lowest BCUT2D eigenvalue weighted by Gasteiger charge is -2.33. The third-order valence-corrected chi connectivity index (χ3v) is 4.23. The Morgan fingerprint density at radius 3 is 2.52 bits per heavy atom. The molecule has 0 amide bonds. The lowest BCUT2D eigenvalue weighted by atomic mass is 9.91. The number of aryl methyl sites for hydroxylation is 1. The Labute approximate surface area is 133 Å². The zero-order chi connectivity index (χ0) is 17.0. The number of piperidine rings is 1. The van der Waals surface area contributed by atoms with Gasteiger partial charge in [-0.3, -0.25) is 4.90 Å². The van der Waals surface area contributed by atoms with Crippen molar-refractivity contribution in [2.45, 2.75) is 58.4 Å². The summed E-state index contributed by atoms with van der Waals surface area (Å²) in [6.07, 6.45) is -4.38. The molecule has 8 heteroatoms. The van der Waals surface area contributed by atoms with Crippen molar-refractivity contribution in [3.63, 3.8) is 0 Å². The molecule has 0 saturated carbocycles. The number of rotatable bonds is 6. The first-order chi connectivity index (χ1) is 10.8. The summed E-state index contributed by atoms with van der Waals surface area (Å²) >= 11 is 0. The fourth-order valence-electron chi connectivity index (χ4n) is 2.76. The SMILES string of the molecule is CC(C)CCc1noc(CN2CCC(C(O)C(F)(F)F)CC2)n1. The quantitative estimate of drug-likeness (QED) is 0.866. The normalized spacial score (nSPS) is 19.4. The fourth-order valence-corrected chi connectivity index (χ4v) is 2.76. The van der Waals surface area contributed by atoms with Crippen molar-refractivity contribution in [3.8, 4) is 0 Å². The highest BCUT2D eigenvalue weighted by Crippen LogP contribution is 2.31. The van der Waals surface area contributed by atoms with E-state index in [0.717, 1.165) is 12.8 Å². The van der Waals surface area contributed by atoms with Crippen LogP contribution in [-0.2, 0) is 13.0 Å². The van der Waals surface area contributed by atoms with Gasteiger partial charge in [-0.05, 0) is 44.2 Å². The molecule has 0 radical (unpaired) electrons. The monoisotopic (exact) mass is 335 g/mol. The molecule has 1 aromatic rings. The van der Waals surface area contributed by atoms with Crippen LogP contribution in [0.1, 0.15) is 44.8 Å². The van der Waals surface area contributed by atoms with E-state index in [-0.39, 0.29) is 0 Å². The maximum atomic E-state index is 12.5. The van der Waals surface area contributed by atoms with E-state index in [2.05, 4.69) is 24.0 Å². The van der Waals surface area contributed by atoms with Crippen LogP contribution >= 0.6 is 0 Å². The van der Waals surface area contributed by atoms with E-state index >= 15 is 0 Å². The van der Waals surface area contributed by atoms with E-state index < -0.39 is 18.2 Å². The van der Waals surface area contributed by atoms with E-state index in [1.54, 1.807) is 0 Å². The van der Waals surface area contributed by atoms with E-state index in [1.165, 1.54) is 0 Å². The number of hydrogen-bond donors (Lipinski definition) is 1. The van der Waals surface area contributed by atoms with Crippen molar-refractivity contribution in [1.82, 2.24) is 15.0 Å².